The van der Waals surface area contributed by atoms with Gasteiger partial charge in [0.2, 0.25) is 0 Å². The van der Waals surface area contributed by atoms with E-state index in [-0.39, 0.29) is 22.6 Å². The molecule has 0 fully saturated rings. The first-order valence-corrected chi connectivity index (χ1v) is 8.93. The summed E-state index contributed by atoms with van der Waals surface area (Å²) >= 11 is 1.44. The average molecular weight is 399 g/mol. The number of nitrogens with one attached hydrogen (secondary N) is 1. The van der Waals surface area contributed by atoms with Gasteiger partial charge in [-0.3, -0.25) is 4.79 Å². The van der Waals surface area contributed by atoms with Crippen LogP contribution in [-0.4, -0.2) is 17.0 Å². The minimum absolute atomic E-state index is 0.0212. The molecule has 0 aliphatic carbocycles. The summed E-state index contributed by atoms with van der Waals surface area (Å²) in [6, 6.07) is 12.1. The van der Waals surface area contributed by atoms with E-state index < -0.39 is 22.8 Å². The van der Waals surface area contributed by atoms with Crippen molar-refractivity contribution in [2.45, 2.75) is 0 Å². The molecule has 3 rings (SSSR count). The third-order valence-electron chi connectivity index (χ3n) is 3.72. The maximum atomic E-state index is 13.6. The summed E-state index contributed by atoms with van der Waals surface area (Å²) in [5.74, 6) is -2.04. The summed E-state index contributed by atoms with van der Waals surface area (Å²) in [6.45, 7) is 0. The van der Waals surface area contributed by atoms with E-state index in [9.17, 15) is 19.2 Å². The Kier molecular flexibility index (Phi) is 6.07. The number of halogens is 1. The van der Waals surface area contributed by atoms with Crippen LogP contribution in [0.3, 0.4) is 0 Å². The van der Waals surface area contributed by atoms with Gasteiger partial charge >= 0.3 is 5.97 Å². The molecule has 0 saturated carbocycles. The van der Waals surface area contributed by atoms with Crippen LogP contribution in [0.5, 0.6) is 5.75 Å². The van der Waals surface area contributed by atoms with Crippen molar-refractivity contribution in [1.82, 2.24) is 0 Å². The second-order valence-corrected chi connectivity index (χ2v) is 6.60. The van der Waals surface area contributed by atoms with E-state index in [1.165, 1.54) is 47.7 Å². The third-order valence-corrected chi connectivity index (χ3v) is 4.56. The van der Waals surface area contributed by atoms with Crippen molar-refractivity contribution in [3.05, 3.63) is 93.1 Å². The fraction of sp³-hybridized carbons (Fsp3) is 0. The molecule has 0 aliphatic heterocycles. The number of quaternary nitrogens is 1. The Labute approximate surface area is 163 Å². The number of ether oxygens (including phenoxy) is 1. The van der Waals surface area contributed by atoms with Crippen molar-refractivity contribution >= 4 is 34.9 Å². The number of rotatable bonds is 6. The van der Waals surface area contributed by atoms with Gasteiger partial charge < -0.3 is 9.94 Å². The van der Waals surface area contributed by atoms with Crippen molar-refractivity contribution < 1.29 is 29.2 Å². The molecule has 3 aromatic rings. The Balaban J connectivity index is 1.81. The van der Waals surface area contributed by atoms with Gasteiger partial charge in [0.1, 0.15) is 11.6 Å². The number of thiophene rings is 1. The van der Waals surface area contributed by atoms with E-state index >= 15 is 0 Å². The standard InChI is InChI=1S/C20H14FNO5S/c21-14-5-10-19(17(12-14)18(23)9-8-16-2-1-11-28-16)27-20(24)13-3-6-15(7-4-13)22(25)26/h1-12,22,25H. The van der Waals surface area contributed by atoms with E-state index in [1.54, 1.807) is 6.08 Å². The number of carbonyl (C=O) groups is 2. The highest BCUT2D eigenvalue weighted by Gasteiger charge is 2.16. The first kappa shape index (κ1) is 19.6. The average Bonchev–Trinajstić information content (AvgIpc) is 3.21. The van der Waals surface area contributed by atoms with Gasteiger partial charge in [-0.2, -0.15) is 5.23 Å². The van der Waals surface area contributed by atoms with Gasteiger partial charge in [0.25, 0.3) is 0 Å². The smallest absolute Gasteiger partial charge is 0.343 e. The van der Waals surface area contributed by atoms with Gasteiger partial charge in [-0.15, -0.1) is 11.3 Å². The first-order valence-electron chi connectivity index (χ1n) is 8.05. The first-order chi connectivity index (χ1) is 13.4. The monoisotopic (exact) mass is 399 g/mol. The van der Waals surface area contributed by atoms with Gasteiger partial charge in [0.15, 0.2) is 11.5 Å². The number of ketones is 1. The van der Waals surface area contributed by atoms with Crippen molar-refractivity contribution in [2.75, 3.05) is 0 Å². The molecule has 2 N–H and O–H groups in total. The number of hydrogen-bond donors (Lipinski definition) is 2. The fourth-order valence-electron chi connectivity index (χ4n) is 2.33. The summed E-state index contributed by atoms with van der Waals surface area (Å²) in [5.41, 5.74) is 0.0260. The molecule has 0 radical (unpaired) electrons. The summed E-state index contributed by atoms with van der Waals surface area (Å²) in [6.07, 6.45) is 2.87. The molecule has 0 saturated heterocycles. The zero-order valence-corrected chi connectivity index (χ0v) is 15.1. The molecule has 28 heavy (non-hydrogen) atoms. The molecule has 142 valence electrons. The van der Waals surface area contributed by atoms with E-state index in [2.05, 4.69) is 0 Å². The maximum absolute atomic E-state index is 13.6. The zero-order valence-electron chi connectivity index (χ0n) is 14.3. The quantitative estimate of drug-likeness (QED) is 0.218. The van der Waals surface area contributed by atoms with Gasteiger partial charge in [0.05, 0.1) is 11.1 Å². The van der Waals surface area contributed by atoms with Crippen LogP contribution in [0.1, 0.15) is 25.6 Å². The predicted octanol–water partition coefficient (Wildman–Crippen LogP) is 3.41. The van der Waals surface area contributed by atoms with E-state index in [4.69, 9.17) is 9.94 Å². The Morgan fingerprint density at radius 3 is 2.54 bits per heavy atom. The second kappa shape index (κ2) is 8.68. The van der Waals surface area contributed by atoms with Crippen LogP contribution in [-0.2, 0) is 0 Å². The normalized spacial score (nSPS) is 12.1. The van der Waals surface area contributed by atoms with Crippen molar-refractivity contribution in [3.63, 3.8) is 0 Å². The number of esters is 1. The highest BCUT2D eigenvalue weighted by atomic mass is 32.1. The molecule has 2 aromatic carbocycles. The lowest BCUT2D eigenvalue weighted by Crippen LogP contribution is -2.99. The molecule has 0 aliphatic rings. The Morgan fingerprint density at radius 2 is 1.89 bits per heavy atom. The molecular weight excluding hydrogens is 385 g/mol. The van der Waals surface area contributed by atoms with Crippen LogP contribution in [0.15, 0.2) is 66.1 Å². The molecule has 1 heterocycles. The molecule has 1 aromatic heterocycles. The third kappa shape index (κ3) is 4.76. The lowest BCUT2D eigenvalue weighted by Gasteiger charge is -2.12. The second-order valence-electron chi connectivity index (χ2n) is 5.63. The molecule has 0 amide bonds. The van der Waals surface area contributed by atoms with Crippen molar-refractivity contribution in [2.24, 2.45) is 0 Å². The van der Waals surface area contributed by atoms with Gasteiger partial charge in [-0.1, -0.05) is 6.07 Å². The SMILES string of the molecule is O=C(Oc1ccc(F)cc1C(=O)C=Cc1cccs1)c1ccc([NH+]([O-])O)cc1. The molecule has 0 bridgehead atoms. The minimum Gasteiger partial charge on any atom is -0.595 e. The topological polar surface area (TPSA) is 91.1 Å². The van der Waals surface area contributed by atoms with E-state index in [0.717, 1.165) is 17.0 Å². The molecular formula is C20H14FNO5S. The van der Waals surface area contributed by atoms with Crippen molar-refractivity contribution in [3.8, 4) is 5.75 Å². The summed E-state index contributed by atoms with van der Waals surface area (Å²) in [4.78, 5) is 25.6. The Morgan fingerprint density at radius 1 is 1.14 bits per heavy atom. The summed E-state index contributed by atoms with van der Waals surface area (Å²) in [5, 5.41) is 20.5. The number of carbonyl (C=O) groups excluding carboxylic acids is 2. The predicted molar refractivity (Wildman–Crippen MR) is 101 cm³/mol. The molecule has 1 unspecified atom stereocenters. The molecule has 1 atom stereocenters. The van der Waals surface area contributed by atoms with Crippen LogP contribution in [0.4, 0.5) is 10.1 Å². The van der Waals surface area contributed by atoms with Crippen LogP contribution < -0.4 is 9.96 Å². The summed E-state index contributed by atoms with van der Waals surface area (Å²) < 4.78 is 18.9. The fourth-order valence-corrected chi connectivity index (χ4v) is 2.94. The number of hydrogen-bond acceptors (Lipinski definition) is 6. The minimum atomic E-state index is -1.12. The number of benzene rings is 2. The molecule has 6 nitrogen and oxygen atoms in total. The van der Waals surface area contributed by atoms with E-state index in [0.29, 0.717) is 0 Å². The lowest BCUT2D eigenvalue weighted by atomic mass is 10.1. The van der Waals surface area contributed by atoms with Crippen LogP contribution in [0.2, 0.25) is 0 Å². The van der Waals surface area contributed by atoms with Crippen LogP contribution in [0, 0.1) is 11.0 Å². The van der Waals surface area contributed by atoms with Gasteiger partial charge in [-0.05, 0) is 53.9 Å². The summed E-state index contributed by atoms with van der Waals surface area (Å²) in [7, 11) is 0. The maximum Gasteiger partial charge on any atom is 0.343 e. The largest absolute Gasteiger partial charge is 0.595 e. The van der Waals surface area contributed by atoms with Crippen molar-refractivity contribution in [1.29, 1.82) is 0 Å². The number of allylic oxidation sites excluding steroid dienone is 1. The zero-order chi connectivity index (χ0) is 20.1. The van der Waals surface area contributed by atoms with Crippen LogP contribution in [0.25, 0.3) is 6.08 Å². The van der Waals surface area contributed by atoms with Crippen LogP contribution >= 0.6 is 11.3 Å². The highest BCUT2D eigenvalue weighted by molar-refractivity contribution is 7.10. The van der Waals surface area contributed by atoms with E-state index in [1.807, 2.05) is 17.5 Å². The Bertz CT molecular complexity index is 1010. The van der Waals surface area contributed by atoms with Gasteiger partial charge in [-0.25, -0.2) is 14.4 Å². The molecule has 8 heteroatoms. The lowest BCUT2D eigenvalue weighted by molar-refractivity contribution is -0.991. The molecule has 0 spiro atoms. The van der Waals surface area contributed by atoms with Gasteiger partial charge in [0, 0.05) is 17.0 Å². The Hall–Kier alpha value is -3.17. The highest BCUT2D eigenvalue weighted by Crippen LogP contribution is 2.23.